The van der Waals surface area contributed by atoms with Gasteiger partial charge >= 0.3 is 0 Å². The first-order valence-corrected chi connectivity index (χ1v) is 10.4. The molecule has 150 valence electrons. The molecular formula is C23H24N2O4. The normalized spacial score (nSPS) is 31.7. The number of piperidine rings is 3. The van der Waals surface area contributed by atoms with Crippen molar-refractivity contribution >= 4 is 5.91 Å². The molecule has 7 rings (SSSR count). The average molecular weight is 392 g/mol. The summed E-state index contributed by atoms with van der Waals surface area (Å²) in [4.78, 5) is 18.1. The fourth-order valence-electron chi connectivity index (χ4n) is 5.90. The Hall–Kier alpha value is -2.73. The highest BCUT2D eigenvalue weighted by atomic mass is 16.7. The van der Waals surface area contributed by atoms with Crippen molar-refractivity contribution in [3.63, 3.8) is 0 Å². The Bertz CT molecular complexity index is 969. The maximum absolute atomic E-state index is 13.4. The predicted octanol–water partition coefficient (Wildman–Crippen LogP) is 2.82. The number of phenols is 1. The minimum Gasteiger partial charge on any atom is -0.508 e. The van der Waals surface area contributed by atoms with Gasteiger partial charge in [0.2, 0.25) is 6.79 Å². The van der Waals surface area contributed by atoms with Crippen LogP contribution in [0.5, 0.6) is 17.2 Å². The van der Waals surface area contributed by atoms with Crippen LogP contribution in [0.15, 0.2) is 42.5 Å². The second-order valence-electron chi connectivity index (χ2n) is 8.58. The maximum Gasteiger partial charge on any atom is 0.254 e. The van der Waals surface area contributed by atoms with Gasteiger partial charge < -0.3 is 19.5 Å². The molecule has 1 amide bonds. The number of benzene rings is 2. The number of carbonyl (C=O) groups is 1. The number of phenolic OH excluding ortho intramolecular Hbond substituents is 1. The van der Waals surface area contributed by atoms with Crippen LogP contribution in [0.1, 0.15) is 34.7 Å². The molecule has 2 bridgehead atoms. The van der Waals surface area contributed by atoms with Crippen LogP contribution < -0.4 is 9.47 Å². The van der Waals surface area contributed by atoms with E-state index in [4.69, 9.17) is 9.47 Å². The zero-order valence-electron chi connectivity index (χ0n) is 16.2. The highest BCUT2D eigenvalue weighted by Gasteiger charge is 2.54. The van der Waals surface area contributed by atoms with E-state index in [1.54, 1.807) is 24.3 Å². The molecule has 0 unspecified atom stereocenters. The van der Waals surface area contributed by atoms with Gasteiger partial charge in [0, 0.05) is 24.1 Å². The third-order valence-electron chi connectivity index (χ3n) is 7.17. The number of hydrogen-bond acceptors (Lipinski definition) is 5. The molecule has 6 nitrogen and oxygen atoms in total. The molecule has 4 saturated heterocycles. The average Bonchev–Trinajstić information content (AvgIpc) is 3.39. The SMILES string of the molecule is O=C(c1cccc(O)c1)N1C[C@H](c2ccc3c(c2)OCO3)[C@H]2[C@@H]1C1CCN2CC1. The minimum atomic E-state index is 0.0212. The zero-order valence-corrected chi connectivity index (χ0v) is 16.2. The molecule has 2 aromatic rings. The second-order valence-corrected chi connectivity index (χ2v) is 8.58. The van der Waals surface area contributed by atoms with E-state index >= 15 is 0 Å². The summed E-state index contributed by atoms with van der Waals surface area (Å²) in [5.41, 5.74) is 1.77. The summed E-state index contributed by atoms with van der Waals surface area (Å²) in [5, 5.41) is 9.86. The van der Waals surface area contributed by atoms with Crippen LogP contribution in [0.2, 0.25) is 0 Å². The number of hydrogen-bond donors (Lipinski definition) is 1. The summed E-state index contributed by atoms with van der Waals surface area (Å²) in [5.74, 6) is 2.54. The summed E-state index contributed by atoms with van der Waals surface area (Å²) in [6.07, 6.45) is 2.30. The van der Waals surface area contributed by atoms with E-state index in [0.29, 0.717) is 24.1 Å². The summed E-state index contributed by atoms with van der Waals surface area (Å²) >= 11 is 0. The molecule has 1 N–H and O–H groups in total. The number of carbonyl (C=O) groups excluding carboxylic acids is 1. The molecule has 5 heterocycles. The van der Waals surface area contributed by atoms with Crippen molar-refractivity contribution in [3.8, 4) is 17.2 Å². The number of aromatic hydroxyl groups is 1. The van der Waals surface area contributed by atoms with Crippen LogP contribution >= 0.6 is 0 Å². The number of rotatable bonds is 2. The molecule has 0 aliphatic carbocycles. The van der Waals surface area contributed by atoms with Crippen LogP contribution in [0.25, 0.3) is 0 Å². The molecule has 0 radical (unpaired) electrons. The molecule has 6 heteroatoms. The third-order valence-corrected chi connectivity index (χ3v) is 7.17. The molecule has 0 spiro atoms. The van der Waals surface area contributed by atoms with Gasteiger partial charge in [-0.2, -0.15) is 0 Å². The number of likely N-dealkylation sites (tertiary alicyclic amines) is 1. The van der Waals surface area contributed by atoms with Gasteiger partial charge in [-0.15, -0.1) is 0 Å². The fourth-order valence-corrected chi connectivity index (χ4v) is 5.90. The van der Waals surface area contributed by atoms with Gasteiger partial charge in [0.1, 0.15) is 5.75 Å². The quantitative estimate of drug-likeness (QED) is 0.852. The Morgan fingerprint density at radius 3 is 2.66 bits per heavy atom. The topological polar surface area (TPSA) is 62.2 Å². The van der Waals surface area contributed by atoms with E-state index in [-0.39, 0.29) is 30.4 Å². The van der Waals surface area contributed by atoms with E-state index in [2.05, 4.69) is 21.9 Å². The highest BCUT2D eigenvalue weighted by Crippen LogP contribution is 2.48. The van der Waals surface area contributed by atoms with Gasteiger partial charge in [-0.05, 0) is 67.7 Å². The minimum absolute atomic E-state index is 0.0212. The highest BCUT2D eigenvalue weighted by molar-refractivity contribution is 5.95. The predicted molar refractivity (Wildman–Crippen MR) is 106 cm³/mol. The van der Waals surface area contributed by atoms with Crippen molar-refractivity contribution < 1.29 is 19.4 Å². The maximum atomic E-state index is 13.4. The Morgan fingerprint density at radius 1 is 1.00 bits per heavy atom. The second kappa shape index (κ2) is 6.39. The molecule has 0 aromatic heterocycles. The van der Waals surface area contributed by atoms with Crippen molar-refractivity contribution in [1.29, 1.82) is 0 Å². The molecule has 3 atom stereocenters. The first kappa shape index (κ1) is 17.2. The lowest BCUT2D eigenvalue weighted by Crippen LogP contribution is -2.60. The van der Waals surface area contributed by atoms with E-state index in [1.165, 1.54) is 5.56 Å². The first-order valence-electron chi connectivity index (χ1n) is 10.4. The number of fused-ring (bicyclic) bond motifs is 3. The summed E-state index contributed by atoms with van der Waals surface area (Å²) < 4.78 is 11.1. The smallest absolute Gasteiger partial charge is 0.254 e. The van der Waals surface area contributed by atoms with Crippen molar-refractivity contribution in [3.05, 3.63) is 53.6 Å². The fraction of sp³-hybridized carbons (Fsp3) is 0.435. The van der Waals surface area contributed by atoms with Gasteiger partial charge in [-0.1, -0.05) is 12.1 Å². The van der Waals surface area contributed by atoms with Crippen molar-refractivity contribution in [1.82, 2.24) is 9.80 Å². The van der Waals surface area contributed by atoms with Gasteiger partial charge in [-0.25, -0.2) is 0 Å². The van der Waals surface area contributed by atoms with Crippen LogP contribution in [0, 0.1) is 5.92 Å². The molecule has 5 aliphatic rings. The van der Waals surface area contributed by atoms with Gasteiger partial charge in [0.15, 0.2) is 11.5 Å². The van der Waals surface area contributed by atoms with E-state index in [9.17, 15) is 9.90 Å². The zero-order chi connectivity index (χ0) is 19.5. The summed E-state index contributed by atoms with van der Waals surface area (Å²) in [6, 6.07) is 13.5. The Morgan fingerprint density at radius 2 is 1.83 bits per heavy atom. The van der Waals surface area contributed by atoms with Crippen LogP contribution in [-0.4, -0.2) is 59.3 Å². The van der Waals surface area contributed by atoms with Gasteiger partial charge in [0.05, 0.1) is 6.04 Å². The Labute approximate surface area is 169 Å². The molecule has 29 heavy (non-hydrogen) atoms. The van der Waals surface area contributed by atoms with Crippen LogP contribution in [0.4, 0.5) is 0 Å². The molecule has 2 aromatic carbocycles. The molecular weight excluding hydrogens is 368 g/mol. The van der Waals surface area contributed by atoms with Gasteiger partial charge in [0.25, 0.3) is 5.91 Å². The number of nitrogens with zero attached hydrogens (tertiary/aromatic N) is 2. The lowest BCUT2D eigenvalue weighted by molar-refractivity contribution is -0.00342. The van der Waals surface area contributed by atoms with Crippen molar-refractivity contribution in [2.75, 3.05) is 26.4 Å². The van der Waals surface area contributed by atoms with Crippen molar-refractivity contribution in [2.45, 2.75) is 30.8 Å². The van der Waals surface area contributed by atoms with E-state index in [0.717, 1.165) is 37.4 Å². The third kappa shape index (κ3) is 2.62. The Balaban J connectivity index is 1.38. The summed E-state index contributed by atoms with van der Waals surface area (Å²) in [6.45, 7) is 3.18. The lowest BCUT2D eigenvalue weighted by atomic mass is 9.75. The molecule has 5 aliphatic heterocycles. The monoisotopic (exact) mass is 392 g/mol. The van der Waals surface area contributed by atoms with Crippen LogP contribution in [0.3, 0.4) is 0 Å². The molecule has 0 saturated carbocycles. The number of amides is 1. The van der Waals surface area contributed by atoms with E-state index in [1.807, 2.05) is 6.07 Å². The Kier molecular flexibility index (Phi) is 3.78. The van der Waals surface area contributed by atoms with Crippen molar-refractivity contribution in [2.24, 2.45) is 5.92 Å². The standard InChI is InChI=1S/C23H24N2O4/c26-17-3-1-2-16(10-17)23(27)25-12-18(15-4-5-19-20(11-15)29-13-28-19)22-21(25)14-6-8-24(22)9-7-14/h1-5,10-11,14,18,21-22,26H,6-9,12-13H2/t18-,21+,22+/m1/s1. The number of ether oxygens (including phenoxy) is 2. The first-order chi connectivity index (χ1) is 14.2. The molecule has 4 fully saturated rings. The lowest BCUT2D eigenvalue weighted by Gasteiger charge is -2.51. The largest absolute Gasteiger partial charge is 0.508 e. The van der Waals surface area contributed by atoms with Gasteiger partial charge in [-0.3, -0.25) is 9.69 Å². The summed E-state index contributed by atoms with van der Waals surface area (Å²) in [7, 11) is 0. The van der Waals surface area contributed by atoms with E-state index < -0.39 is 0 Å². The van der Waals surface area contributed by atoms with Crippen LogP contribution in [-0.2, 0) is 0 Å².